The number of carboxylic acid groups (broad SMARTS) is 1. The second kappa shape index (κ2) is 3.59. The van der Waals surface area contributed by atoms with Crippen LogP contribution >= 0.6 is 0 Å². The molecule has 2 aromatic rings. The van der Waals surface area contributed by atoms with Gasteiger partial charge >= 0.3 is 5.97 Å². The van der Waals surface area contributed by atoms with Crippen molar-refractivity contribution >= 4 is 17.0 Å². The molecule has 0 aliphatic rings. The van der Waals surface area contributed by atoms with Gasteiger partial charge in [-0.3, -0.25) is 0 Å². The summed E-state index contributed by atoms with van der Waals surface area (Å²) in [4.78, 5) is 15.2. The van der Waals surface area contributed by atoms with Gasteiger partial charge in [0.1, 0.15) is 0 Å². The van der Waals surface area contributed by atoms with Gasteiger partial charge in [-0.15, -0.1) is 0 Å². The highest BCUT2D eigenvalue weighted by Crippen LogP contribution is 2.19. The lowest BCUT2D eigenvalue weighted by Crippen LogP contribution is -2.06. The standard InChI is InChI=1S/C11H13N3O2/c1-6(2)14-10-8(5-12-14)4-9(11(15)16)7(3)13-10/h4-6H,1-3H3,(H,15,16). The lowest BCUT2D eigenvalue weighted by atomic mass is 10.2. The SMILES string of the molecule is Cc1nc2c(cnn2C(C)C)cc1C(=O)O. The van der Waals surface area contributed by atoms with Gasteiger partial charge in [-0.05, 0) is 26.8 Å². The van der Waals surface area contributed by atoms with Crippen molar-refractivity contribution in [3.05, 3.63) is 23.5 Å². The number of rotatable bonds is 2. The van der Waals surface area contributed by atoms with Crippen LogP contribution in [0.5, 0.6) is 0 Å². The van der Waals surface area contributed by atoms with Gasteiger partial charge in [0.05, 0.1) is 17.5 Å². The molecule has 16 heavy (non-hydrogen) atoms. The number of aryl methyl sites for hydroxylation is 1. The highest BCUT2D eigenvalue weighted by atomic mass is 16.4. The highest BCUT2D eigenvalue weighted by Gasteiger charge is 2.13. The second-order valence-electron chi connectivity index (χ2n) is 4.02. The van der Waals surface area contributed by atoms with E-state index in [0.29, 0.717) is 5.69 Å². The molecule has 0 bridgehead atoms. The van der Waals surface area contributed by atoms with Crippen molar-refractivity contribution in [2.45, 2.75) is 26.8 Å². The van der Waals surface area contributed by atoms with Crippen molar-refractivity contribution in [1.82, 2.24) is 14.8 Å². The molecular formula is C11H13N3O2. The van der Waals surface area contributed by atoms with Crippen molar-refractivity contribution < 1.29 is 9.90 Å². The fourth-order valence-corrected chi connectivity index (χ4v) is 1.66. The predicted molar refractivity (Wildman–Crippen MR) is 59.6 cm³/mol. The molecule has 0 saturated carbocycles. The van der Waals surface area contributed by atoms with Crippen LogP contribution in [0.4, 0.5) is 0 Å². The van der Waals surface area contributed by atoms with Crippen molar-refractivity contribution in [2.24, 2.45) is 0 Å². The number of nitrogens with zero attached hydrogens (tertiary/aromatic N) is 3. The van der Waals surface area contributed by atoms with E-state index in [1.165, 1.54) is 0 Å². The molecule has 0 amide bonds. The van der Waals surface area contributed by atoms with Crippen LogP contribution in [0, 0.1) is 6.92 Å². The fraction of sp³-hybridized carbons (Fsp3) is 0.364. The summed E-state index contributed by atoms with van der Waals surface area (Å²) < 4.78 is 1.79. The Morgan fingerprint density at radius 2 is 2.19 bits per heavy atom. The number of hydrogen-bond donors (Lipinski definition) is 1. The number of aromatic nitrogens is 3. The maximum Gasteiger partial charge on any atom is 0.337 e. The zero-order chi connectivity index (χ0) is 11.9. The van der Waals surface area contributed by atoms with Crippen LogP contribution in [-0.2, 0) is 0 Å². The lowest BCUT2D eigenvalue weighted by Gasteiger charge is -2.07. The molecule has 2 rings (SSSR count). The maximum atomic E-state index is 10.9. The molecule has 0 aliphatic carbocycles. The topological polar surface area (TPSA) is 68.0 Å². The minimum absolute atomic E-state index is 0.208. The monoisotopic (exact) mass is 219 g/mol. The molecular weight excluding hydrogens is 206 g/mol. The molecule has 84 valence electrons. The van der Waals surface area contributed by atoms with Gasteiger partial charge < -0.3 is 5.11 Å². The number of carboxylic acids is 1. The van der Waals surface area contributed by atoms with Gasteiger partial charge in [0.25, 0.3) is 0 Å². The minimum atomic E-state index is -0.954. The Bertz CT molecular complexity index is 558. The second-order valence-corrected chi connectivity index (χ2v) is 4.02. The van der Waals surface area contributed by atoms with E-state index in [9.17, 15) is 4.79 Å². The largest absolute Gasteiger partial charge is 0.478 e. The zero-order valence-electron chi connectivity index (χ0n) is 9.43. The van der Waals surface area contributed by atoms with E-state index in [1.807, 2.05) is 13.8 Å². The van der Waals surface area contributed by atoms with Crippen molar-refractivity contribution in [1.29, 1.82) is 0 Å². The number of pyridine rings is 1. The summed E-state index contributed by atoms with van der Waals surface area (Å²) in [5.74, 6) is -0.954. The Kier molecular flexibility index (Phi) is 2.38. The van der Waals surface area contributed by atoms with E-state index in [-0.39, 0.29) is 11.6 Å². The molecule has 0 unspecified atom stereocenters. The average Bonchev–Trinajstić information content (AvgIpc) is 2.58. The average molecular weight is 219 g/mol. The first-order chi connectivity index (χ1) is 7.50. The molecule has 0 fully saturated rings. The Balaban J connectivity index is 2.71. The Hall–Kier alpha value is -1.91. The van der Waals surface area contributed by atoms with E-state index in [0.717, 1.165) is 11.0 Å². The van der Waals surface area contributed by atoms with Gasteiger partial charge in [0.2, 0.25) is 0 Å². The molecule has 2 aromatic heterocycles. The number of aromatic carboxylic acids is 1. The van der Waals surface area contributed by atoms with Crippen molar-refractivity contribution in [3.63, 3.8) is 0 Å². The summed E-state index contributed by atoms with van der Waals surface area (Å²) in [5.41, 5.74) is 1.48. The summed E-state index contributed by atoms with van der Waals surface area (Å²) >= 11 is 0. The van der Waals surface area contributed by atoms with Crippen LogP contribution in [0.2, 0.25) is 0 Å². The molecule has 0 spiro atoms. The molecule has 0 aromatic carbocycles. The van der Waals surface area contributed by atoms with E-state index in [1.54, 1.807) is 23.9 Å². The number of hydrogen-bond acceptors (Lipinski definition) is 3. The van der Waals surface area contributed by atoms with Crippen LogP contribution in [0.15, 0.2) is 12.3 Å². The van der Waals surface area contributed by atoms with Crippen LogP contribution in [0.3, 0.4) is 0 Å². The van der Waals surface area contributed by atoms with Gasteiger partial charge in [0, 0.05) is 11.4 Å². The summed E-state index contributed by atoms with van der Waals surface area (Å²) in [5, 5.41) is 13.9. The fourth-order valence-electron chi connectivity index (χ4n) is 1.66. The first-order valence-corrected chi connectivity index (χ1v) is 5.09. The first kappa shape index (κ1) is 10.6. The van der Waals surface area contributed by atoms with Gasteiger partial charge in [-0.1, -0.05) is 0 Å². The quantitative estimate of drug-likeness (QED) is 0.839. The van der Waals surface area contributed by atoms with Crippen molar-refractivity contribution in [2.75, 3.05) is 0 Å². The third-order valence-corrected chi connectivity index (χ3v) is 2.48. The van der Waals surface area contributed by atoms with Crippen LogP contribution in [0.1, 0.15) is 35.9 Å². The van der Waals surface area contributed by atoms with Gasteiger partial charge in [-0.25, -0.2) is 14.5 Å². The third kappa shape index (κ3) is 1.54. The van der Waals surface area contributed by atoms with Crippen LogP contribution in [-0.4, -0.2) is 25.8 Å². The molecule has 0 atom stereocenters. The molecule has 2 heterocycles. The molecule has 0 aliphatic heterocycles. The predicted octanol–water partition coefficient (Wildman–Crippen LogP) is 2.02. The van der Waals surface area contributed by atoms with Crippen molar-refractivity contribution in [3.8, 4) is 0 Å². The Labute approximate surface area is 92.7 Å². The summed E-state index contributed by atoms with van der Waals surface area (Å²) in [7, 11) is 0. The number of carbonyl (C=O) groups is 1. The smallest absolute Gasteiger partial charge is 0.337 e. The normalized spacial score (nSPS) is 11.2. The Morgan fingerprint density at radius 1 is 1.50 bits per heavy atom. The van der Waals surface area contributed by atoms with Gasteiger partial charge in [-0.2, -0.15) is 5.10 Å². The van der Waals surface area contributed by atoms with E-state index in [2.05, 4.69) is 10.1 Å². The minimum Gasteiger partial charge on any atom is -0.478 e. The molecule has 5 heteroatoms. The first-order valence-electron chi connectivity index (χ1n) is 5.09. The molecule has 5 nitrogen and oxygen atoms in total. The maximum absolute atomic E-state index is 10.9. The number of fused-ring (bicyclic) bond motifs is 1. The zero-order valence-corrected chi connectivity index (χ0v) is 9.43. The lowest BCUT2D eigenvalue weighted by molar-refractivity contribution is 0.0696. The molecule has 0 saturated heterocycles. The third-order valence-electron chi connectivity index (χ3n) is 2.48. The molecule has 1 N–H and O–H groups in total. The summed E-state index contributed by atoms with van der Waals surface area (Å²) in [6.07, 6.45) is 1.65. The summed E-state index contributed by atoms with van der Waals surface area (Å²) in [6.45, 7) is 5.71. The Morgan fingerprint density at radius 3 is 2.75 bits per heavy atom. The van der Waals surface area contributed by atoms with E-state index < -0.39 is 5.97 Å². The van der Waals surface area contributed by atoms with Crippen LogP contribution in [0.25, 0.3) is 11.0 Å². The van der Waals surface area contributed by atoms with Crippen LogP contribution < -0.4 is 0 Å². The molecule has 0 radical (unpaired) electrons. The van der Waals surface area contributed by atoms with E-state index >= 15 is 0 Å². The summed E-state index contributed by atoms with van der Waals surface area (Å²) in [6, 6.07) is 1.83. The van der Waals surface area contributed by atoms with Gasteiger partial charge in [0.15, 0.2) is 5.65 Å². The highest BCUT2D eigenvalue weighted by molar-refractivity contribution is 5.93. The van der Waals surface area contributed by atoms with E-state index in [4.69, 9.17) is 5.11 Å².